The van der Waals surface area contributed by atoms with Crippen molar-refractivity contribution in [1.29, 1.82) is 0 Å². The third-order valence-corrected chi connectivity index (χ3v) is 3.37. The van der Waals surface area contributed by atoms with Crippen LogP contribution in [0, 0.1) is 0 Å². The molecule has 8 nitrogen and oxygen atoms in total. The number of nitrogens with two attached hydrogens (primary N) is 1. The Balaban J connectivity index is 0.00000484. The maximum Gasteiger partial charge on any atom is 0.340 e. The molecular formula is C13H20ClN3O5S. The van der Waals surface area contributed by atoms with Gasteiger partial charge >= 0.3 is 11.9 Å². The second-order valence-electron chi connectivity index (χ2n) is 4.08. The molecule has 23 heavy (non-hydrogen) atoms. The fraction of sp³-hybridized carbons (Fsp3) is 0.538. The van der Waals surface area contributed by atoms with Crippen LogP contribution in [0.2, 0.25) is 0 Å². The normalized spacial score (nSPS) is 9.91. The van der Waals surface area contributed by atoms with Crippen molar-refractivity contribution in [2.45, 2.75) is 26.3 Å². The number of halogens is 1. The van der Waals surface area contributed by atoms with E-state index in [1.54, 1.807) is 13.8 Å². The highest BCUT2D eigenvalue weighted by Gasteiger charge is 2.32. The maximum absolute atomic E-state index is 12.1. The number of aromatic nitrogens is 1. The van der Waals surface area contributed by atoms with Gasteiger partial charge in [0, 0.05) is 11.8 Å². The van der Waals surface area contributed by atoms with Crippen LogP contribution in [0.3, 0.4) is 0 Å². The summed E-state index contributed by atoms with van der Waals surface area (Å²) in [7, 11) is 0. The minimum Gasteiger partial charge on any atom is -0.464 e. The lowest BCUT2D eigenvalue weighted by molar-refractivity contribution is -0.157. The molecule has 0 aromatic carbocycles. The van der Waals surface area contributed by atoms with E-state index in [0.29, 0.717) is 18.0 Å². The first kappa shape index (κ1) is 21.3. The number of ether oxygens (including phenoxy) is 2. The van der Waals surface area contributed by atoms with Crippen molar-refractivity contribution >= 4 is 41.6 Å². The average molecular weight is 366 g/mol. The number of esters is 2. The van der Waals surface area contributed by atoms with Gasteiger partial charge in [-0.05, 0) is 20.4 Å². The zero-order valence-corrected chi connectivity index (χ0v) is 14.5. The topological polar surface area (TPSA) is 121 Å². The molecule has 0 unspecified atom stereocenters. The second kappa shape index (κ2) is 10.9. The highest BCUT2D eigenvalue weighted by atomic mass is 35.5. The monoisotopic (exact) mass is 365 g/mol. The number of carbonyl (C=O) groups excluding carboxylic acids is 3. The van der Waals surface area contributed by atoms with E-state index in [0.717, 1.165) is 0 Å². The highest BCUT2D eigenvalue weighted by Crippen LogP contribution is 2.10. The zero-order valence-electron chi connectivity index (χ0n) is 12.9. The predicted octanol–water partition coefficient (Wildman–Crippen LogP) is 0.291. The van der Waals surface area contributed by atoms with Gasteiger partial charge in [0.15, 0.2) is 0 Å². The van der Waals surface area contributed by atoms with Crippen LogP contribution in [-0.2, 0) is 25.5 Å². The van der Waals surface area contributed by atoms with Gasteiger partial charge in [0.05, 0.1) is 18.2 Å². The van der Waals surface area contributed by atoms with E-state index in [2.05, 4.69) is 10.3 Å². The number of carbonyl (C=O) groups is 3. The number of rotatable bonds is 8. The molecule has 10 heteroatoms. The molecule has 0 saturated heterocycles. The largest absolute Gasteiger partial charge is 0.464 e. The van der Waals surface area contributed by atoms with Crippen LogP contribution in [-0.4, -0.2) is 48.6 Å². The Labute approximate surface area is 144 Å². The predicted molar refractivity (Wildman–Crippen MR) is 86.6 cm³/mol. The van der Waals surface area contributed by atoms with Crippen molar-refractivity contribution in [3.8, 4) is 0 Å². The number of amides is 1. The number of hydrogen-bond acceptors (Lipinski definition) is 8. The summed E-state index contributed by atoms with van der Waals surface area (Å²) in [6.45, 7) is 3.79. The van der Waals surface area contributed by atoms with Crippen molar-refractivity contribution in [2.24, 2.45) is 5.73 Å². The summed E-state index contributed by atoms with van der Waals surface area (Å²) >= 11 is 1.28. The fourth-order valence-electron chi connectivity index (χ4n) is 1.52. The van der Waals surface area contributed by atoms with Crippen LogP contribution in [0.1, 0.15) is 29.3 Å². The van der Waals surface area contributed by atoms with E-state index in [9.17, 15) is 14.4 Å². The van der Waals surface area contributed by atoms with Crippen molar-refractivity contribution in [3.63, 3.8) is 0 Å². The molecule has 3 N–H and O–H groups in total. The molecule has 0 bridgehead atoms. The average Bonchev–Trinajstić information content (AvgIpc) is 2.94. The minimum absolute atomic E-state index is 0. The van der Waals surface area contributed by atoms with Gasteiger partial charge < -0.3 is 20.5 Å². The van der Waals surface area contributed by atoms with Crippen LogP contribution in [0.4, 0.5) is 0 Å². The summed E-state index contributed by atoms with van der Waals surface area (Å²) in [5.74, 6) is -2.39. The summed E-state index contributed by atoms with van der Waals surface area (Å²) < 4.78 is 9.53. The second-order valence-corrected chi connectivity index (χ2v) is 5.02. The van der Waals surface area contributed by atoms with Crippen LogP contribution in [0.25, 0.3) is 0 Å². The SMILES string of the molecule is CCOC(=O)C(NC(=O)c1csc(CCN)n1)C(=O)OCC.Cl. The Bertz CT molecular complexity index is 519. The van der Waals surface area contributed by atoms with E-state index >= 15 is 0 Å². The molecule has 1 aromatic rings. The van der Waals surface area contributed by atoms with Crippen molar-refractivity contribution < 1.29 is 23.9 Å². The first-order chi connectivity index (χ1) is 10.5. The van der Waals surface area contributed by atoms with Gasteiger partial charge in [-0.3, -0.25) is 4.79 Å². The minimum atomic E-state index is -1.51. The van der Waals surface area contributed by atoms with Gasteiger partial charge in [-0.15, -0.1) is 23.7 Å². The van der Waals surface area contributed by atoms with Gasteiger partial charge in [0.25, 0.3) is 5.91 Å². The van der Waals surface area contributed by atoms with Crippen LogP contribution < -0.4 is 11.1 Å². The Morgan fingerprint density at radius 1 is 1.26 bits per heavy atom. The number of nitrogens with one attached hydrogen (secondary N) is 1. The maximum atomic E-state index is 12.1. The summed E-state index contributed by atoms with van der Waals surface area (Å²) in [4.78, 5) is 39.7. The lowest BCUT2D eigenvalue weighted by atomic mass is 10.3. The molecule has 130 valence electrons. The molecule has 1 rings (SSSR count). The molecule has 0 radical (unpaired) electrons. The van der Waals surface area contributed by atoms with Crippen molar-refractivity contribution in [1.82, 2.24) is 10.3 Å². The van der Waals surface area contributed by atoms with E-state index in [1.807, 2.05) is 0 Å². The van der Waals surface area contributed by atoms with Crippen LogP contribution in [0.5, 0.6) is 0 Å². The first-order valence-corrected chi connectivity index (χ1v) is 7.70. The zero-order chi connectivity index (χ0) is 16.5. The summed E-state index contributed by atoms with van der Waals surface area (Å²) in [5.41, 5.74) is 5.53. The van der Waals surface area contributed by atoms with Gasteiger partial charge in [-0.1, -0.05) is 0 Å². The van der Waals surface area contributed by atoms with Crippen LogP contribution in [0.15, 0.2) is 5.38 Å². The Morgan fingerprint density at radius 2 is 1.83 bits per heavy atom. The number of hydrogen-bond donors (Lipinski definition) is 2. The molecule has 1 heterocycles. The van der Waals surface area contributed by atoms with Crippen molar-refractivity contribution in [3.05, 3.63) is 16.1 Å². The molecule has 0 aliphatic heterocycles. The Hall–Kier alpha value is -1.71. The first-order valence-electron chi connectivity index (χ1n) is 6.82. The molecule has 0 aliphatic rings. The Morgan fingerprint density at radius 3 is 2.30 bits per heavy atom. The number of thiazole rings is 1. The van der Waals surface area contributed by atoms with Gasteiger partial charge in [-0.25, -0.2) is 14.6 Å². The molecular weight excluding hydrogens is 346 g/mol. The standard InChI is InChI=1S/C13H19N3O5S.ClH/c1-3-20-12(18)10(13(19)21-4-2)16-11(17)8-7-22-9(15-8)5-6-14;/h7,10H,3-6,14H2,1-2H3,(H,16,17);1H. The summed E-state index contributed by atoms with van der Waals surface area (Å²) in [6.07, 6.45) is 0.553. The van der Waals surface area contributed by atoms with Crippen molar-refractivity contribution in [2.75, 3.05) is 19.8 Å². The summed E-state index contributed by atoms with van der Waals surface area (Å²) in [6, 6.07) is -1.51. The third-order valence-electron chi connectivity index (χ3n) is 2.46. The lowest BCUT2D eigenvalue weighted by Crippen LogP contribution is -2.48. The van der Waals surface area contributed by atoms with Crippen LogP contribution >= 0.6 is 23.7 Å². The summed E-state index contributed by atoms with van der Waals surface area (Å²) in [5, 5.41) is 4.52. The molecule has 0 saturated carbocycles. The fourth-order valence-corrected chi connectivity index (χ4v) is 2.32. The molecule has 1 amide bonds. The van der Waals surface area contributed by atoms with E-state index in [4.69, 9.17) is 15.2 Å². The van der Waals surface area contributed by atoms with Gasteiger partial charge in [0.1, 0.15) is 5.69 Å². The van der Waals surface area contributed by atoms with E-state index in [-0.39, 0.29) is 31.3 Å². The third kappa shape index (κ3) is 6.51. The van der Waals surface area contributed by atoms with Gasteiger partial charge in [-0.2, -0.15) is 0 Å². The molecule has 1 aromatic heterocycles. The number of nitrogens with zero attached hydrogens (tertiary/aromatic N) is 1. The van der Waals surface area contributed by atoms with Gasteiger partial charge in [0.2, 0.25) is 6.04 Å². The highest BCUT2D eigenvalue weighted by molar-refractivity contribution is 7.09. The molecule has 0 aliphatic carbocycles. The van der Waals surface area contributed by atoms with E-state index in [1.165, 1.54) is 16.7 Å². The molecule has 0 spiro atoms. The lowest BCUT2D eigenvalue weighted by Gasteiger charge is -2.15. The smallest absolute Gasteiger partial charge is 0.340 e. The molecule has 0 atom stereocenters. The Kier molecular flexibility index (Phi) is 10.1. The quantitative estimate of drug-likeness (QED) is 0.501. The van der Waals surface area contributed by atoms with E-state index < -0.39 is 23.9 Å². The molecule has 0 fully saturated rings.